The van der Waals surface area contributed by atoms with Gasteiger partial charge in [0, 0.05) is 13.2 Å². The molecule has 122 valence electrons. The highest BCUT2D eigenvalue weighted by molar-refractivity contribution is 5.74. The zero-order valence-electron chi connectivity index (χ0n) is 13.7. The molecule has 1 saturated heterocycles. The largest absolute Gasteiger partial charge is 0.459 e. The van der Waals surface area contributed by atoms with Crippen molar-refractivity contribution in [3.8, 4) is 0 Å². The summed E-state index contributed by atoms with van der Waals surface area (Å²) in [6, 6.07) is 0. The van der Waals surface area contributed by atoms with Crippen molar-refractivity contribution in [3.63, 3.8) is 0 Å². The van der Waals surface area contributed by atoms with E-state index in [2.05, 4.69) is 0 Å². The first kappa shape index (κ1) is 17.8. The van der Waals surface area contributed by atoms with Gasteiger partial charge in [-0.05, 0) is 47.5 Å². The van der Waals surface area contributed by atoms with E-state index in [1.807, 2.05) is 27.7 Å². The third kappa shape index (κ3) is 6.33. The number of hydrogen-bond donors (Lipinski definition) is 0. The topological polar surface area (TPSA) is 65.1 Å². The molecule has 1 amide bonds. The van der Waals surface area contributed by atoms with E-state index in [1.165, 1.54) is 0 Å². The fourth-order valence-corrected chi connectivity index (χ4v) is 2.10. The molecular formula is C15H27NO5. The summed E-state index contributed by atoms with van der Waals surface area (Å²) >= 11 is 0. The fourth-order valence-electron chi connectivity index (χ4n) is 2.10. The lowest BCUT2D eigenvalue weighted by Gasteiger charge is -2.34. The minimum atomic E-state index is -0.577. The van der Waals surface area contributed by atoms with Crippen LogP contribution in [0.4, 0.5) is 4.79 Å². The van der Waals surface area contributed by atoms with Crippen molar-refractivity contribution >= 4 is 12.1 Å². The zero-order valence-corrected chi connectivity index (χ0v) is 13.7. The smallest absolute Gasteiger partial charge is 0.410 e. The van der Waals surface area contributed by atoms with Gasteiger partial charge < -0.3 is 19.1 Å². The predicted octanol–water partition coefficient (Wildman–Crippen LogP) is 2.35. The average molecular weight is 301 g/mol. The summed E-state index contributed by atoms with van der Waals surface area (Å²) in [5.74, 6) is -0.382. The van der Waals surface area contributed by atoms with E-state index in [0.29, 0.717) is 19.7 Å². The van der Waals surface area contributed by atoms with Crippen LogP contribution in [0.2, 0.25) is 0 Å². The molecule has 0 aliphatic carbocycles. The lowest BCUT2D eigenvalue weighted by Crippen LogP contribution is -2.46. The van der Waals surface area contributed by atoms with Crippen LogP contribution < -0.4 is 0 Å². The molecule has 0 aromatic rings. The second kappa shape index (κ2) is 7.64. The molecule has 1 aliphatic heterocycles. The van der Waals surface area contributed by atoms with E-state index in [4.69, 9.17) is 14.2 Å². The molecule has 1 aliphatic rings. The van der Waals surface area contributed by atoms with Crippen molar-refractivity contribution in [1.29, 1.82) is 0 Å². The summed E-state index contributed by atoms with van der Waals surface area (Å²) in [6.07, 6.45) is 0.319. The zero-order chi connectivity index (χ0) is 16.0. The number of hydrogen-bond acceptors (Lipinski definition) is 5. The van der Waals surface area contributed by atoms with E-state index in [9.17, 15) is 9.59 Å². The number of likely N-dealkylation sites (tertiary alicyclic amines) is 1. The Balaban J connectivity index is 2.48. The summed E-state index contributed by atoms with van der Waals surface area (Å²) in [7, 11) is 0. The van der Waals surface area contributed by atoms with Gasteiger partial charge >= 0.3 is 12.1 Å². The van der Waals surface area contributed by atoms with E-state index < -0.39 is 11.7 Å². The molecule has 6 nitrogen and oxygen atoms in total. The number of amides is 1. The van der Waals surface area contributed by atoms with Crippen molar-refractivity contribution in [3.05, 3.63) is 0 Å². The molecule has 0 N–H and O–H groups in total. The van der Waals surface area contributed by atoms with Gasteiger partial charge in [0.15, 0.2) is 6.10 Å². The van der Waals surface area contributed by atoms with E-state index in [-0.39, 0.29) is 18.2 Å². The molecule has 1 heterocycles. The Kier molecular flexibility index (Phi) is 6.45. The van der Waals surface area contributed by atoms with Crippen molar-refractivity contribution in [1.82, 2.24) is 4.90 Å². The molecule has 0 aromatic carbocycles. The maximum atomic E-state index is 12.0. The number of rotatable bonds is 4. The Hall–Kier alpha value is -1.30. The average Bonchev–Trinajstić information content (AvgIpc) is 2.37. The maximum Gasteiger partial charge on any atom is 0.410 e. The van der Waals surface area contributed by atoms with E-state index >= 15 is 0 Å². The van der Waals surface area contributed by atoms with Crippen LogP contribution in [-0.2, 0) is 19.0 Å². The van der Waals surface area contributed by atoms with Gasteiger partial charge in [-0.2, -0.15) is 0 Å². The van der Waals surface area contributed by atoms with Crippen LogP contribution in [0.25, 0.3) is 0 Å². The number of carbonyl (C=O) groups is 2. The van der Waals surface area contributed by atoms with Gasteiger partial charge in [0.1, 0.15) is 11.7 Å². The molecule has 1 rings (SSSR count). The highest BCUT2D eigenvalue weighted by atomic mass is 16.6. The second-order valence-corrected chi connectivity index (χ2v) is 6.23. The standard InChI is InChI=1S/C15H27NO5/c1-6-19-11(2)13(17)20-12-8-7-9-16(10-12)14(18)21-15(3,4)5/h11-12H,6-10H2,1-5H3/t11-,12+/m1/s1. The van der Waals surface area contributed by atoms with Crippen LogP contribution in [0.3, 0.4) is 0 Å². The molecule has 6 heteroatoms. The monoisotopic (exact) mass is 301 g/mol. The number of piperidine rings is 1. The molecule has 0 aromatic heterocycles. The first-order chi connectivity index (χ1) is 9.73. The molecule has 0 unspecified atom stereocenters. The number of ether oxygens (including phenoxy) is 3. The van der Waals surface area contributed by atoms with Crippen LogP contribution in [0.1, 0.15) is 47.5 Å². The summed E-state index contributed by atoms with van der Waals surface area (Å²) in [6.45, 7) is 10.5. The van der Waals surface area contributed by atoms with Crippen molar-refractivity contribution in [2.75, 3.05) is 19.7 Å². The fraction of sp³-hybridized carbons (Fsp3) is 0.867. The SMILES string of the molecule is CCO[C@H](C)C(=O)O[C@H]1CCCN(C(=O)OC(C)(C)C)C1. The Morgan fingerprint density at radius 1 is 1.33 bits per heavy atom. The lowest BCUT2D eigenvalue weighted by atomic mass is 10.1. The maximum absolute atomic E-state index is 12.0. The van der Waals surface area contributed by atoms with Gasteiger partial charge in [-0.1, -0.05) is 0 Å². The van der Waals surface area contributed by atoms with Gasteiger partial charge in [-0.25, -0.2) is 9.59 Å². The minimum absolute atomic E-state index is 0.290. The van der Waals surface area contributed by atoms with Gasteiger partial charge in [-0.3, -0.25) is 0 Å². The van der Waals surface area contributed by atoms with Crippen LogP contribution in [-0.4, -0.2) is 54.5 Å². The Morgan fingerprint density at radius 3 is 2.57 bits per heavy atom. The summed E-state index contributed by atoms with van der Waals surface area (Å²) in [4.78, 5) is 25.4. The van der Waals surface area contributed by atoms with Gasteiger partial charge in [0.2, 0.25) is 0 Å². The Morgan fingerprint density at radius 2 is 2.00 bits per heavy atom. The summed E-state index contributed by atoms with van der Waals surface area (Å²) in [5, 5.41) is 0. The molecule has 0 bridgehead atoms. The highest BCUT2D eigenvalue weighted by Crippen LogP contribution is 2.17. The van der Waals surface area contributed by atoms with Crippen LogP contribution in [0.15, 0.2) is 0 Å². The molecule has 0 saturated carbocycles. The molecular weight excluding hydrogens is 274 g/mol. The van der Waals surface area contributed by atoms with Crippen LogP contribution in [0, 0.1) is 0 Å². The highest BCUT2D eigenvalue weighted by Gasteiger charge is 2.30. The van der Waals surface area contributed by atoms with Gasteiger partial charge in [0.25, 0.3) is 0 Å². The third-order valence-corrected chi connectivity index (χ3v) is 3.06. The minimum Gasteiger partial charge on any atom is -0.459 e. The Labute approximate surface area is 126 Å². The van der Waals surface area contributed by atoms with Gasteiger partial charge in [0.05, 0.1) is 6.54 Å². The summed E-state index contributed by atoms with van der Waals surface area (Å²) in [5.41, 5.74) is -0.524. The first-order valence-electron chi connectivity index (χ1n) is 7.53. The number of carbonyl (C=O) groups excluding carboxylic acids is 2. The normalized spacial score (nSPS) is 20.8. The van der Waals surface area contributed by atoms with Gasteiger partial charge in [-0.15, -0.1) is 0 Å². The molecule has 2 atom stereocenters. The molecule has 21 heavy (non-hydrogen) atoms. The lowest BCUT2D eigenvalue weighted by molar-refractivity contribution is -0.163. The number of esters is 1. The second-order valence-electron chi connectivity index (χ2n) is 6.23. The molecule has 0 radical (unpaired) electrons. The van der Waals surface area contributed by atoms with Crippen LogP contribution in [0.5, 0.6) is 0 Å². The van der Waals surface area contributed by atoms with E-state index in [1.54, 1.807) is 11.8 Å². The summed E-state index contributed by atoms with van der Waals surface area (Å²) < 4.78 is 15.9. The predicted molar refractivity (Wildman–Crippen MR) is 78.0 cm³/mol. The van der Waals surface area contributed by atoms with E-state index in [0.717, 1.165) is 12.8 Å². The third-order valence-electron chi connectivity index (χ3n) is 3.06. The molecule has 0 spiro atoms. The van der Waals surface area contributed by atoms with Crippen molar-refractivity contribution in [2.24, 2.45) is 0 Å². The molecule has 1 fully saturated rings. The van der Waals surface area contributed by atoms with Crippen molar-refractivity contribution < 1.29 is 23.8 Å². The van der Waals surface area contributed by atoms with Crippen molar-refractivity contribution in [2.45, 2.75) is 65.3 Å². The van der Waals surface area contributed by atoms with Crippen LogP contribution >= 0.6 is 0 Å². The number of nitrogens with zero attached hydrogens (tertiary/aromatic N) is 1. The quantitative estimate of drug-likeness (QED) is 0.746. The first-order valence-corrected chi connectivity index (χ1v) is 7.53. The Bertz CT molecular complexity index is 364.